The van der Waals surface area contributed by atoms with Crippen LogP contribution in [0.15, 0.2) is 0 Å². The molecular formula is C73H122N4O8. The molecule has 30 atom stereocenters. The average molecular weight is 1180 g/mol. The van der Waals surface area contributed by atoms with E-state index in [0.29, 0.717) is 82.7 Å². The smallest absolute Gasteiger partial charge is 0.0847 e. The van der Waals surface area contributed by atoms with Crippen LogP contribution in [0.1, 0.15) is 215 Å². The van der Waals surface area contributed by atoms with Crippen LogP contribution in [0, 0.1) is 104 Å². The zero-order valence-corrected chi connectivity index (χ0v) is 54.3. The molecule has 0 aromatic carbocycles. The number of fused-ring (bicyclic) bond motifs is 16. The van der Waals surface area contributed by atoms with Crippen LogP contribution in [0.25, 0.3) is 0 Å². The number of aliphatic hydroxyl groups is 6. The first kappa shape index (κ1) is 60.7. The predicted octanol–water partition coefficient (Wildman–Crippen LogP) is 9.77. The Hall–Kier alpha value is -0.480. The Morgan fingerprint density at radius 3 is 1.11 bits per heavy atom. The first-order chi connectivity index (χ1) is 40.8. The number of ether oxygens (including phenoxy) is 2. The maximum atomic E-state index is 11.5. The van der Waals surface area contributed by atoms with Crippen molar-refractivity contribution in [3.63, 3.8) is 0 Å². The molecule has 0 amide bonds. The van der Waals surface area contributed by atoms with Gasteiger partial charge >= 0.3 is 0 Å². The number of aliphatic hydroxyl groups excluding tert-OH is 6. The van der Waals surface area contributed by atoms with Crippen LogP contribution in [0.2, 0.25) is 0 Å². The van der Waals surface area contributed by atoms with E-state index in [4.69, 9.17) is 9.47 Å². The van der Waals surface area contributed by atoms with Crippen molar-refractivity contribution in [1.82, 2.24) is 19.6 Å². The van der Waals surface area contributed by atoms with Crippen molar-refractivity contribution in [1.29, 1.82) is 0 Å². The summed E-state index contributed by atoms with van der Waals surface area (Å²) in [4.78, 5) is 10.4. The zero-order chi connectivity index (χ0) is 58.7. The average Bonchev–Trinajstić information content (AvgIpc) is 1.88. The molecule has 0 aromatic rings. The van der Waals surface area contributed by atoms with Gasteiger partial charge in [0.2, 0.25) is 0 Å². The summed E-state index contributed by atoms with van der Waals surface area (Å²) in [6, 6.07) is 1.51. The van der Waals surface area contributed by atoms with Gasteiger partial charge in [0.05, 0.1) is 62.0 Å². The molecule has 17 aliphatic rings. The second-order valence-corrected chi connectivity index (χ2v) is 35.5. The molecule has 0 spiro atoms. The summed E-state index contributed by atoms with van der Waals surface area (Å²) in [5.74, 6) is 8.78. The highest BCUT2D eigenvalue weighted by Gasteiger charge is 2.68. The number of likely N-dealkylation sites (tertiary alicyclic amines) is 3. The third-order valence-corrected chi connectivity index (χ3v) is 32.5. The second-order valence-electron chi connectivity index (χ2n) is 35.5. The van der Waals surface area contributed by atoms with Gasteiger partial charge in [0.1, 0.15) is 0 Å². The highest BCUT2D eigenvalue weighted by Crippen LogP contribution is 2.71. The first-order valence-corrected chi connectivity index (χ1v) is 37.0. The molecule has 0 radical (unpaired) electrons. The standard InChI is InChI=1S/C27H46N2O3.C23H39NO3.C23H37NO2/c1-26-8-7-20-19(21(26)16-22(25(26)31)28-9-3-4-10-28)6-5-18-15-24(30)23(17-27(18,20)2)29-11-13-32-14-12-29;1-22-8-7-16-15(6-5-14-11-19(25)20(26)13-23(14,16)2)17(22)12-18(21(22)27)24-9-3-4-10-24;1-22-8-7-16-15(6-5-14-11-19-20(26-19)13-23(14,16)2)17(22)12-18(21(22)25)24-9-3-4-10-24/h18-25,30-31H,3-17H2,1-2H3;14-21,25-27H,3-13H2,1-2H3;14-21,25H,3-13H2,1-2H3/t18?,19?,20?,21?,22-,23+,24+,25+,26+,27+;14-,15?,16?,17?,18-,19-,20-,21-,22-,23-;14?,15?,16?,17?,18-,19+,20-,21+,22+,23+/m101/s1. The fourth-order valence-electron chi connectivity index (χ4n) is 27.6. The van der Waals surface area contributed by atoms with Gasteiger partial charge in [-0.1, -0.05) is 41.5 Å². The van der Waals surface area contributed by atoms with Crippen molar-refractivity contribution < 1.29 is 40.1 Å². The van der Waals surface area contributed by atoms with E-state index in [1.807, 2.05) is 0 Å². The van der Waals surface area contributed by atoms with E-state index >= 15 is 0 Å². The molecule has 11 unspecified atom stereocenters. The summed E-state index contributed by atoms with van der Waals surface area (Å²) in [6.45, 7) is 25.6. The monoisotopic (exact) mass is 1180 g/mol. The third kappa shape index (κ3) is 9.76. The highest BCUT2D eigenvalue weighted by molar-refractivity contribution is 5.18. The Morgan fingerprint density at radius 2 is 0.682 bits per heavy atom. The van der Waals surface area contributed by atoms with Gasteiger partial charge in [-0.25, -0.2) is 0 Å². The second kappa shape index (κ2) is 22.6. The van der Waals surface area contributed by atoms with E-state index in [-0.39, 0.29) is 46.1 Å². The van der Waals surface area contributed by atoms with Crippen molar-refractivity contribution in [2.24, 2.45) is 104 Å². The Labute approximate surface area is 514 Å². The molecule has 17 fully saturated rings. The molecule has 5 saturated heterocycles. The number of hydrogen-bond acceptors (Lipinski definition) is 12. The summed E-state index contributed by atoms with van der Waals surface area (Å²) in [5.41, 5.74) is 1.37. The maximum absolute atomic E-state index is 11.5. The van der Waals surface area contributed by atoms with Crippen molar-refractivity contribution >= 4 is 0 Å². The largest absolute Gasteiger partial charge is 0.391 e. The summed E-state index contributed by atoms with van der Waals surface area (Å²) in [6.07, 6.45) is 32.7. The number of morpholine rings is 1. The van der Waals surface area contributed by atoms with Crippen molar-refractivity contribution in [2.45, 2.75) is 288 Å². The van der Waals surface area contributed by atoms with E-state index < -0.39 is 12.2 Å². The van der Waals surface area contributed by atoms with Gasteiger partial charge in [-0.05, 0) is 316 Å². The lowest BCUT2D eigenvalue weighted by Gasteiger charge is -2.62. The lowest BCUT2D eigenvalue weighted by molar-refractivity contribution is -0.163. The van der Waals surface area contributed by atoms with Crippen LogP contribution in [-0.2, 0) is 9.47 Å². The quantitative estimate of drug-likeness (QED) is 0.149. The van der Waals surface area contributed by atoms with Crippen LogP contribution in [0.4, 0.5) is 0 Å². The Balaban J connectivity index is 0.000000109. The molecule has 6 N–H and O–H groups in total. The van der Waals surface area contributed by atoms with Crippen LogP contribution in [-0.4, -0.2) is 189 Å². The van der Waals surface area contributed by atoms with E-state index in [2.05, 4.69) is 61.1 Å². The van der Waals surface area contributed by atoms with E-state index in [1.54, 1.807) is 0 Å². The summed E-state index contributed by atoms with van der Waals surface area (Å²) >= 11 is 0. The minimum atomic E-state index is -0.551. The zero-order valence-electron chi connectivity index (χ0n) is 54.3. The van der Waals surface area contributed by atoms with Crippen molar-refractivity contribution in [2.75, 3.05) is 65.6 Å². The maximum Gasteiger partial charge on any atom is 0.0847 e. The fraction of sp³-hybridized carbons (Fsp3) is 1.00. The molecular weight excluding hydrogens is 1060 g/mol. The fourth-order valence-corrected chi connectivity index (χ4v) is 27.6. The number of epoxide rings is 1. The van der Waals surface area contributed by atoms with Crippen LogP contribution in [0.3, 0.4) is 0 Å². The molecule has 85 heavy (non-hydrogen) atoms. The minimum absolute atomic E-state index is 0.0738. The molecule has 5 heterocycles. The topological polar surface area (TPSA) is 156 Å². The number of nitrogens with zero attached hydrogens (tertiary/aromatic N) is 4. The van der Waals surface area contributed by atoms with E-state index in [1.165, 1.54) is 181 Å². The van der Waals surface area contributed by atoms with Crippen LogP contribution in [0.5, 0.6) is 0 Å². The van der Waals surface area contributed by atoms with Gasteiger partial charge in [0, 0.05) is 37.3 Å². The molecule has 12 saturated carbocycles. The van der Waals surface area contributed by atoms with E-state index in [9.17, 15) is 30.6 Å². The van der Waals surface area contributed by atoms with Gasteiger partial charge in [-0.2, -0.15) is 0 Å². The van der Waals surface area contributed by atoms with Gasteiger partial charge in [0.25, 0.3) is 0 Å². The molecule has 5 aliphatic heterocycles. The van der Waals surface area contributed by atoms with Gasteiger partial charge in [-0.3, -0.25) is 19.6 Å². The lowest BCUT2D eigenvalue weighted by atomic mass is 9.44. The van der Waals surface area contributed by atoms with Gasteiger partial charge in [0.15, 0.2) is 0 Å². The lowest BCUT2D eigenvalue weighted by Crippen LogP contribution is -2.61. The summed E-state index contributed by atoms with van der Waals surface area (Å²) in [5, 5.41) is 66.1. The molecule has 0 bridgehead atoms. The Bertz CT molecular complexity index is 2360. The normalized spacial score (nSPS) is 58.0. The molecule has 0 aromatic heterocycles. The first-order valence-electron chi connectivity index (χ1n) is 37.0. The predicted molar refractivity (Wildman–Crippen MR) is 332 cm³/mol. The van der Waals surface area contributed by atoms with Crippen molar-refractivity contribution in [3.8, 4) is 0 Å². The molecule has 12 aliphatic carbocycles. The highest BCUT2D eigenvalue weighted by atomic mass is 16.6. The molecule has 482 valence electrons. The van der Waals surface area contributed by atoms with Crippen LogP contribution >= 0.6 is 0 Å². The number of hydrogen-bond donors (Lipinski definition) is 6. The Kier molecular flexibility index (Phi) is 16.2. The van der Waals surface area contributed by atoms with Gasteiger partial charge in [-0.15, -0.1) is 0 Å². The molecule has 17 rings (SSSR count). The van der Waals surface area contributed by atoms with Gasteiger partial charge < -0.3 is 40.1 Å². The Morgan fingerprint density at radius 1 is 0.318 bits per heavy atom. The van der Waals surface area contributed by atoms with E-state index in [0.717, 1.165) is 93.9 Å². The SMILES string of the molecule is C[C@]12CCC3C(CC[C@H]4C[C@H](O)[C@@H](O)C[C@]34C)C1C[C@H](N1CCCC1)[C@@H]2O.C[C@]12C[C@H](N3CCOCC3)[C@@H](O)CC1CCC1C2CC[C@@]2(C)C1C[C@@H](N1CCCC1)[C@@H]2O.C[C@]12C[C@H]3O[C@H]3CC1CCC1C2CC[C@@]2(C)C1C[C@@H](N1CCCC1)[C@@H]2O. The number of rotatable bonds is 4. The summed E-state index contributed by atoms with van der Waals surface area (Å²) in [7, 11) is 0. The third-order valence-electron chi connectivity index (χ3n) is 32.5. The summed E-state index contributed by atoms with van der Waals surface area (Å²) < 4.78 is 11.6. The van der Waals surface area contributed by atoms with Crippen molar-refractivity contribution in [3.05, 3.63) is 0 Å². The minimum Gasteiger partial charge on any atom is -0.391 e. The molecule has 12 nitrogen and oxygen atoms in total. The van der Waals surface area contributed by atoms with Crippen LogP contribution < -0.4 is 0 Å². The molecule has 12 heteroatoms.